The number of esters is 1. The van der Waals surface area contributed by atoms with Crippen molar-refractivity contribution in [1.29, 1.82) is 0 Å². The number of carbonyl (C=O) groups is 3. The van der Waals surface area contributed by atoms with Gasteiger partial charge in [-0.3, -0.25) is 9.59 Å². The smallest absolute Gasteiger partial charge is 0.328 e. The molecular formula is C21H25NO5. The van der Waals surface area contributed by atoms with Gasteiger partial charge in [0.15, 0.2) is 0 Å². The van der Waals surface area contributed by atoms with Gasteiger partial charge in [-0.2, -0.15) is 0 Å². The first-order valence-corrected chi connectivity index (χ1v) is 9.45. The van der Waals surface area contributed by atoms with Crippen molar-refractivity contribution in [3.8, 4) is 0 Å². The Morgan fingerprint density at radius 1 is 1.22 bits per heavy atom. The average Bonchev–Trinajstić information content (AvgIpc) is 3.03. The summed E-state index contributed by atoms with van der Waals surface area (Å²) in [6.07, 6.45) is 1.14. The molecule has 2 fully saturated rings. The number of ether oxygens (including phenoxy) is 1. The molecule has 2 aliphatic heterocycles. The van der Waals surface area contributed by atoms with E-state index in [1.54, 1.807) is 4.90 Å². The highest BCUT2D eigenvalue weighted by Crippen LogP contribution is 2.62. The maximum atomic E-state index is 13.0. The van der Waals surface area contributed by atoms with Crippen molar-refractivity contribution in [3.05, 3.63) is 34.4 Å². The number of nitrogens with zero attached hydrogens (tertiary/aromatic N) is 1. The van der Waals surface area contributed by atoms with Crippen LogP contribution in [0.1, 0.15) is 42.0 Å². The van der Waals surface area contributed by atoms with Gasteiger partial charge in [0.2, 0.25) is 5.91 Å². The van der Waals surface area contributed by atoms with Crippen molar-refractivity contribution < 1.29 is 24.2 Å². The number of carboxylic acids is 1. The van der Waals surface area contributed by atoms with Gasteiger partial charge in [0.1, 0.15) is 6.04 Å². The van der Waals surface area contributed by atoms with Crippen LogP contribution in [0.2, 0.25) is 0 Å². The highest BCUT2D eigenvalue weighted by atomic mass is 16.5. The lowest BCUT2D eigenvalue weighted by atomic mass is 9.72. The third kappa shape index (κ3) is 2.22. The van der Waals surface area contributed by atoms with Crippen molar-refractivity contribution >= 4 is 17.8 Å². The zero-order chi connectivity index (χ0) is 19.7. The number of hydrogen-bond acceptors (Lipinski definition) is 4. The van der Waals surface area contributed by atoms with E-state index in [2.05, 4.69) is 12.1 Å². The van der Waals surface area contributed by atoms with E-state index in [1.165, 1.54) is 7.11 Å². The molecule has 2 unspecified atom stereocenters. The van der Waals surface area contributed by atoms with Crippen LogP contribution in [0.4, 0.5) is 0 Å². The lowest BCUT2D eigenvalue weighted by molar-refractivity contribution is -0.156. The molecule has 1 N–H and O–H groups in total. The number of aliphatic carboxylic acids is 1. The van der Waals surface area contributed by atoms with E-state index in [1.807, 2.05) is 20.8 Å². The summed E-state index contributed by atoms with van der Waals surface area (Å²) in [5.74, 6) is -2.43. The molecule has 0 aromatic heterocycles. The number of methoxy groups -OCH3 is 1. The molecule has 1 aliphatic carbocycles. The Labute approximate surface area is 158 Å². The van der Waals surface area contributed by atoms with Crippen LogP contribution in [0.5, 0.6) is 0 Å². The average molecular weight is 371 g/mol. The van der Waals surface area contributed by atoms with Gasteiger partial charge in [-0.15, -0.1) is 0 Å². The number of aryl methyl sites for hydroxylation is 2. The third-order valence-electron chi connectivity index (χ3n) is 7.06. The second-order valence-corrected chi connectivity index (χ2v) is 8.38. The molecule has 3 aliphatic rings. The van der Waals surface area contributed by atoms with Crippen molar-refractivity contribution in [2.75, 3.05) is 7.11 Å². The molecule has 27 heavy (non-hydrogen) atoms. The third-order valence-corrected chi connectivity index (χ3v) is 7.06. The van der Waals surface area contributed by atoms with Crippen LogP contribution in [0.3, 0.4) is 0 Å². The number of rotatable bonds is 2. The van der Waals surface area contributed by atoms with E-state index in [0.29, 0.717) is 12.8 Å². The molecule has 1 amide bonds. The van der Waals surface area contributed by atoms with Gasteiger partial charge in [-0.25, -0.2) is 4.79 Å². The van der Waals surface area contributed by atoms with Crippen LogP contribution < -0.4 is 0 Å². The first-order chi connectivity index (χ1) is 12.7. The van der Waals surface area contributed by atoms with Crippen LogP contribution in [0.15, 0.2) is 12.1 Å². The summed E-state index contributed by atoms with van der Waals surface area (Å²) < 4.78 is 5.01. The summed E-state index contributed by atoms with van der Waals surface area (Å²) in [6, 6.07) is 3.50. The van der Waals surface area contributed by atoms with Crippen molar-refractivity contribution in [2.45, 2.75) is 51.6 Å². The quantitative estimate of drug-likeness (QED) is 0.806. The van der Waals surface area contributed by atoms with Crippen LogP contribution in [-0.2, 0) is 31.1 Å². The van der Waals surface area contributed by atoms with Gasteiger partial charge < -0.3 is 14.7 Å². The summed E-state index contributed by atoms with van der Waals surface area (Å²) >= 11 is 0. The minimum Gasteiger partial charge on any atom is -0.481 e. The zero-order valence-electron chi connectivity index (χ0n) is 16.1. The first-order valence-electron chi connectivity index (χ1n) is 9.45. The molecule has 2 heterocycles. The lowest BCUT2D eigenvalue weighted by Crippen LogP contribution is -2.58. The Morgan fingerprint density at radius 3 is 2.52 bits per heavy atom. The number of carboxylic acid groups (broad SMARTS) is 1. The van der Waals surface area contributed by atoms with Gasteiger partial charge >= 0.3 is 11.9 Å². The highest BCUT2D eigenvalue weighted by Gasteiger charge is 2.67. The Kier molecular flexibility index (Phi) is 3.88. The standard InChI is InChI=1S/C21H25NO5/c1-10-5-13-7-16(20(26)27-4)22-17(23)8-15-18(19(24)25)12(3)9-21(15,22)14(13)6-11(10)2/h5-6,12,15-16,18H,7-9H2,1-4H3,(H,24,25)/t12-,15-,16?,18+,21?/m0/s1. The molecule has 1 saturated heterocycles. The van der Waals surface area contributed by atoms with E-state index in [4.69, 9.17) is 4.74 Å². The number of carbonyl (C=O) groups excluding carboxylic acids is 2. The predicted molar refractivity (Wildman–Crippen MR) is 97.0 cm³/mol. The molecule has 144 valence electrons. The largest absolute Gasteiger partial charge is 0.481 e. The van der Waals surface area contributed by atoms with Gasteiger partial charge in [0.05, 0.1) is 18.6 Å². The summed E-state index contributed by atoms with van der Waals surface area (Å²) in [4.78, 5) is 39.3. The van der Waals surface area contributed by atoms with Gasteiger partial charge in [-0.1, -0.05) is 19.1 Å². The van der Waals surface area contributed by atoms with E-state index < -0.39 is 29.4 Å². The molecule has 1 saturated carbocycles. The molecule has 1 spiro atoms. The monoisotopic (exact) mass is 371 g/mol. The van der Waals surface area contributed by atoms with Gasteiger partial charge in [-0.05, 0) is 48.4 Å². The SMILES string of the molecule is COC(=O)C1Cc2cc(C)c(C)cc2C23C[C@H](C)[C@@H](C(=O)O)[C@@H]2CC(=O)N13. The van der Waals surface area contributed by atoms with E-state index in [0.717, 1.165) is 22.3 Å². The first kappa shape index (κ1) is 18.0. The normalized spacial score (nSPS) is 34.1. The second-order valence-electron chi connectivity index (χ2n) is 8.38. The molecular weight excluding hydrogens is 346 g/mol. The van der Waals surface area contributed by atoms with Crippen molar-refractivity contribution in [2.24, 2.45) is 17.8 Å². The Balaban J connectivity index is 1.99. The van der Waals surface area contributed by atoms with Crippen LogP contribution in [0, 0.1) is 31.6 Å². The van der Waals surface area contributed by atoms with Crippen LogP contribution >= 0.6 is 0 Å². The van der Waals surface area contributed by atoms with Crippen LogP contribution in [-0.4, -0.2) is 41.0 Å². The molecule has 0 radical (unpaired) electrons. The number of amides is 1. The van der Waals surface area contributed by atoms with Gasteiger partial charge in [0.25, 0.3) is 0 Å². The summed E-state index contributed by atoms with van der Waals surface area (Å²) in [6.45, 7) is 6.00. The second kappa shape index (κ2) is 5.81. The van der Waals surface area contributed by atoms with Crippen molar-refractivity contribution in [1.82, 2.24) is 4.90 Å². The summed E-state index contributed by atoms with van der Waals surface area (Å²) in [7, 11) is 1.33. The van der Waals surface area contributed by atoms with Crippen molar-refractivity contribution in [3.63, 3.8) is 0 Å². The molecule has 0 bridgehead atoms. The summed E-state index contributed by atoms with van der Waals surface area (Å²) in [5, 5.41) is 9.85. The number of hydrogen-bond donors (Lipinski definition) is 1. The topological polar surface area (TPSA) is 83.9 Å². The van der Waals surface area contributed by atoms with E-state index in [-0.39, 0.29) is 24.2 Å². The molecule has 1 aromatic carbocycles. The molecule has 6 nitrogen and oxygen atoms in total. The summed E-state index contributed by atoms with van der Waals surface area (Å²) in [5.41, 5.74) is 3.57. The minimum atomic E-state index is -0.857. The molecule has 6 heteroatoms. The Bertz CT molecular complexity index is 862. The maximum Gasteiger partial charge on any atom is 0.328 e. The minimum absolute atomic E-state index is 0.0750. The lowest BCUT2D eigenvalue weighted by Gasteiger charge is -2.48. The fraction of sp³-hybridized carbons (Fsp3) is 0.571. The molecule has 1 aromatic rings. The van der Waals surface area contributed by atoms with Gasteiger partial charge in [0, 0.05) is 18.8 Å². The Hall–Kier alpha value is -2.37. The number of benzene rings is 1. The number of fused-ring (bicyclic) bond motifs is 1. The fourth-order valence-electron chi connectivity index (χ4n) is 5.92. The zero-order valence-corrected chi connectivity index (χ0v) is 16.1. The van der Waals surface area contributed by atoms with E-state index >= 15 is 0 Å². The predicted octanol–water partition coefficient (Wildman–Crippen LogP) is 2.19. The Morgan fingerprint density at radius 2 is 1.89 bits per heavy atom. The molecule has 4 rings (SSSR count). The maximum absolute atomic E-state index is 13.0. The van der Waals surface area contributed by atoms with Crippen LogP contribution in [0.25, 0.3) is 0 Å². The highest BCUT2D eigenvalue weighted by molar-refractivity contribution is 5.90. The fourth-order valence-corrected chi connectivity index (χ4v) is 5.92. The molecule has 5 atom stereocenters. The van der Waals surface area contributed by atoms with E-state index in [9.17, 15) is 19.5 Å².